The maximum Gasteiger partial charge on any atom is 0.416 e. The van der Waals surface area contributed by atoms with E-state index < -0.39 is 35.0 Å². The molecule has 1 heterocycles. The number of para-hydroxylation sites is 2. The standard InChI is InChI=1S/C21H8Br2F6N2O2/c22-12-8-13(23)18(17-16(12)30-14-3-1-2-4-15(14)31-17)33-19(32)9-5-10(20(24,25)26)7-11(6-9)21(27,28)29/h1-8H. The Morgan fingerprint density at radius 1 is 0.758 bits per heavy atom. The molecule has 0 aliphatic heterocycles. The third-order valence-electron chi connectivity index (χ3n) is 4.50. The second-order valence-corrected chi connectivity index (χ2v) is 8.47. The van der Waals surface area contributed by atoms with Gasteiger partial charge in [0.25, 0.3) is 0 Å². The van der Waals surface area contributed by atoms with Crippen LogP contribution in [0.15, 0.2) is 57.5 Å². The number of carbonyl (C=O) groups is 1. The molecule has 0 aliphatic rings. The fraction of sp³-hybridized carbons (Fsp3) is 0.0952. The minimum absolute atomic E-state index is 0.0701. The Hall–Kier alpha value is -2.73. The van der Waals surface area contributed by atoms with Gasteiger partial charge in [-0.3, -0.25) is 0 Å². The maximum absolute atomic E-state index is 13.1. The van der Waals surface area contributed by atoms with Crippen LogP contribution in [0.1, 0.15) is 21.5 Å². The van der Waals surface area contributed by atoms with E-state index in [1.54, 1.807) is 24.3 Å². The number of alkyl halides is 6. The summed E-state index contributed by atoms with van der Waals surface area (Å²) in [5.41, 5.74) is -2.87. The van der Waals surface area contributed by atoms with Crippen molar-refractivity contribution in [2.75, 3.05) is 0 Å². The lowest BCUT2D eigenvalue weighted by molar-refractivity contribution is -0.143. The highest BCUT2D eigenvalue weighted by atomic mass is 79.9. The van der Waals surface area contributed by atoms with Gasteiger partial charge in [-0.2, -0.15) is 26.3 Å². The van der Waals surface area contributed by atoms with Gasteiger partial charge >= 0.3 is 18.3 Å². The van der Waals surface area contributed by atoms with Gasteiger partial charge in [-0.15, -0.1) is 0 Å². The van der Waals surface area contributed by atoms with Gasteiger partial charge in [0, 0.05) is 4.47 Å². The molecule has 0 spiro atoms. The molecule has 1 aromatic heterocycles. The smallest absolute Gasteiger partial charge is 0.416 e. The lowest BCUT2D eigenvalue weighted by Gasteiger charge is -2.15. The van der Waals surface area contributed by atoms with Crippen molar-refractivity contribution < 1.29 is 35.9 Å². The summed E-state index contributed by atoms with van der Waals surface area (Å²) in [7, 11) is 0. The second kappa shape index (κ2) is 8.24. The zero-order valence-corrected chi connectivity index (χ0v) is 19.0. The molecule has 0 aliphatic carbocycles. The molecule has 0 amide bonds. The summed E-state index contributed by atoms with van der Waals surface area (Å²) >= 11 is 6.51. The zero-order chi connectivity index (χ0) is 24.1. The van der Waals surface area contributed by atoms with E-state index in [-0.39, 0.29) is 27.3 Å². The summed E-state index contributed by atoms with van der Waals surface area (Å²) in [5, 5.41) is 0. The lowest BCUT2D eigenvalue weighted by Crippen LogP contribution is -2.16. The Morgan fingerprint density at radius 3 is 1.79 bits per heavy atom. The van der Waals surface area contributed by atoms with Crippen LogP contribution in [0.3, 0.4) is 0 Å². The molecule has 12 heteroatoms. The van der Waals surface area contributed by atoms with Gasteiger partial charge in [0.2, 0.25) is 0 Å². The molecule has 0 saturated heterocycles. The molecule has 0 unspecified atom stereocenters. The van der Waals surface area contributed by atoms with Crippen molar-refractivity contribution in [2.24, 2.45) is 0 Å². The highest BCUT2D eigenvalue weighted by Gasteiger charge is 2.38. The van der Waals surface area contributed by atoms with E-state index >= 15 is 0 Å². The van der Waals surface area contributed by atoms with Gasteiger partial charge < -0.3 is 4.74 Å². The molecule has 3 aromatic carbocycles. The Balaban J connectivity index is 1.85. The lowest BCUT2D eigenvalue weighted by atomic mass is 10.0. The van der Waals surface area contributed by atoms with E-state index in [4.69, 9.17) is 4.74 Å². The van der Waals surface area contributed by atoms with E-state index in [0.717, 1.165) is 0 Å². The van der Waals surface area contributed by atoms with Gasteiger partial charge in [-0.25, -0.2) is 14.8 Å². The Labute approximate surface area is 197 Å². The van der Waals surface area contributed by atoms with Gasteiger partial charge in [-0.05, 0) is 68.3 Å². The average molecular weight is 594 g/mol. The van der Waals surface area contributed by atoms with E-state index in [1.165, 1.54) is 6.07 Å². The number of hydrogen-bond acceptors (Lipinski definition) is 4. The largest absolute Gasteiger partial charge is 0.419 e. The first-order valence-corrected chi connectivity index (χ1v) is 10.5. The van der Waals surface area contributed by atoms with Crippen LogP contribution in [-0.2, 0) is 12.4 Å². The molecular formula is C21H8Br2F6N2O2. The monoisotopic (exact) mass is 592 g/mol. The fourth-order valence-electron chi connectivity index (χ4n) is 3.00. The number of benzene rings is 3. The van der Waals surface area contributed by atoms with Crippen molar-refractivity contribution in [1.29, 1.82) is 0 Å². The molecule has 0 N–H and O–H groups in total. The Kier molecular flexibility index (Phi) is 5.85. The van der Waals surface area contributed by atoms with Crippen LogP contribution in [0.2, 0.25) is 0 Å². The second-order valence-electron chi connectivity index (χ2n) is 6.76. The number of aromatic nitrogens is 2. The van der Waals surface area contributed by atoms with Crippen molar-refractivity contribution in [1.82, 2.24) is 9.97 Å². The van der Waals surface area contributed by atoms with Gasteiger partial charge in [0.15, 0.2) is 5.75 Å². The number of esters is 1. The third kappa shape index (κ3) is 4.67. The molecular weight excluding hydrogens is 586 g/mol. The first-order valence-electron chi connectivity index (χ1n) is 8.91. The van der Waals surface area contributed by atoms with Crippen molar-refractivity contribution in [3.8, 4) is 5.75 Å². The molecule has 4 rings (SSSR count). The van der Waals surface area contributed by atoms with Crippen LogP contribution in [-0.4, -0.2) is 15.9 Å². The molecule has 0 fully saturated rings. The molecule has 0 saturated carbocycles. The highest BCUT2D eigenvalue weighted by molar-refractivity contribution is 9.11. The number of rotatable bonds is 2. The molecule has 4 nitrogen and oxygen atoms in total. The van der Waals surface area contributed by atoms with E-state index in [9.17, 15) is 31.1 Å². The van der Waals surface area contributed by atoms with Crippen LogP contribution in [0.4, 0.5) is 26.3 Å². The Bertz CT molecular complexity index is 1390. The van der Waals surface area contributed by atoms with Crippen molar-refractivity contribution >= 4 is 59.9 Å². The van der Waals surface area contributed by atoms with Crippen LogP contribution >= 0.6 is 31.9 Å². The van der Waals surface area contributed by atoms with Gasteiger partial charge in [0.1, 0.15) is 11.0 Å². The number of halogens is 8. The molecule has 0 bridgehead atoms. The average Bonchev–Trinajstić information content (AvgIpc) is 2.74. The van der Waals surface area contributed by atoms with E-state index in [1.807, 2.05) is 0 Å². The van der Waals surface area contributed by atoms with E-state index in [0.29, 0.717) is 27.6 Å². The Morgan fingerprint density at radius 2 is 1.27 bits per heavy atom. The van der Waals surface area contributed by atoms with E-state index in [2.05, 4.69) is 41.8 Å². The summed E-state index contributed by atoms with van der Waals surface area (Å²) in [6.45, 7) is 0. The summed E-state index contributed by atoms with van der Waals surface area (Å²) in [6, 6.07) is 8.78. The summed E-state index contributed by atoms with van der Waals surface area (Å²) in [5.74, 6) is -1.63. The normalized spacial score (nSPS) is 12.4. The third-order valence-corrected chi connectivity index (χ3v) is 5.69. The van der Waals surface area contributed by atoms with Crippen LogP contribution in [0.25, 0.3) is 22.1 Å². The highest BCUT2D eigenvalue weighted by Crippen LogP contribution is 2.39. The zero-order valence-electron chi connectivity index (χ0n) is 15.9. The molecule has 0 radical (unpaired) electrons. The fourth-order valence-corrected chi connectivity index (χ4v) is 4.31. The van der Waals surface area contributed by atoms with Gasteiger partial charge in [0.05, 0.1) is 32.2 Å². The number of fused-ring (bicyclic) bond motifs is 2. The minimum Gasteiger partial charge on any atom is -0.419 e. The maximum atomic E-state index is 13.1. The summed E-state index contributed by atoms with van der Waals surface area (Å²) in [4.78, 5) is 21.5. The predicted molar refractivity (Wildman–Crippen MR) is 114 cm³/mol. The first-order chi connectivity index (χ1) is 15.3. The van der Waals surface area contributed by atoms with Crippen molar-refractivity contribution in [3.63, 3.8) is 0 Å². The molecule has 170 valence electrons. The van der Waals surface area contributed by atoms with Crippen LogP contribution < -0.4 is 4.74 Å². The number of carbonyl (C=O) groups excluding carboxylic acids is 1. The van der Waals surface area contributed by atoms with Crippen molar-refractivity contribution in [3.05, 3.63) is 74.2 Å². The number of nitrogens with zero attached hydrogens (tertiary/aromatic N) is 2. The van der Waals surface area contributed by atoms with Crippen LogP contribution in [0, 0.1) is 0 Å². The minimum atomic E-state index is -5.11. The summed E-state index contributed by atoms with van der Waals surface area (Å²) in [6.07, 6.45) is -10.2. The quantitative estimate of drug-likeness (QED) is 0.104. The predicted octanol–water partition coefficient (Wildman–Crippen LogP) is 7.56. The topological polar surface area (TPSA) is 52.1 Å². The number of ether oxygens (including phenoxy) is 1. The van der Waals surface area contributed by atoms with Gasteiger partial charge in [-0.1, -0.05) is 12.1 Å². The number of hydrogen-bond donors (Lipinski definition) is 0. The summed E-state index contributed by atoms with van der Waals surface area (Å²) < 4.78 is 84.7. The molecule has 0 atom stereocenters. The molecule has 4 aromatic rings. The first kappa shape index (κ1) is 23.4. The van der Waals surface area contributed by atoms with Crippen molar-refractivity contribution in [2.45, 2.75) is 12.4 Å². The van der Waals surface area contributed by atoms with Crippen LogP contribution in [0.5, 0.6) is 5.75 Å². The SMILES string of the molecule is O=C(Oc1c(Br)cc(Br)c2nc3ccccc3nc12)c1cc(C(F)(F)F)cc(C(F)(F)F)c1. The molecule has 33 heavy (non-hydrogen) atoms.